The van der Waals surface area contributed by atoms with Crippen molar-refractivity contribution in [1.82, 2.24) is 10.1 Å². The molecular formula is C14H19N3O2. The molecule has 1 aromatic carbocycles. The van der Waals surface area contributed by atoms with Crippen LogP contribution < -0.4 is 10.5 Å². The van der Waals surface area contributed by atoms with Crippen molar-refractivity contribution < 1.29 is 9.26 Å². The first-order valence-corrected chi connectivity index (χ1v) is 6.49. The zero-order valence-corrected chi connectivity index (χ0v) is 11.3. The first-order chi connectivity index (χ1) is 9.20. The summed E-state index contributed by atoms with van der Waals surface area (Å²) < 4.78 is 10.8. The minimum absolute atomic E-state index is 0.0745. The van der Waals surface area contributed by atoms with Gasteiger partial charge in [0.1, 0.15) is 5.75 Å². The van der Waals surface area contributed by atoms with Crippen LogP contribution in [0.15, 0.2) is 28.8 Å². The highest BCUT2D eigenvalue weighted by Gasteiger charge is 2.10. The highest BCUT2D eigenvalue weighted by molar-refractivity contribution is 5.35. The predicted octanol–water partition coefficient (Wildman–Crippen LogP) is 2.62. The number of hydrogen-bond acceptors (Lipinski definition) is 5. The van der Waals surface area contributed by atoms with E-state index in [1.807, 2.05) is 31.2 Å². The summed E-state index contributed by atoms with van der Waals surface area (Å²) >= 11 is 0. The second-order valence-corrected chi connectivity index (χ2v) is 4.47. The van der Waals surface area contributed by atoms with Crippen LogP contribution in [0.25, 0.3) is 0 Å². The lowest BCUT2D eigenvalue weighted by Crippen LogP contribution is -2.08. The molecule has 0 aliphatic heterocycles. The summed E-state index contributed by atoms with van der Waals surface area (Å²) in [6.45, 7) is 4.26. The summed E-state index contributed by atoms with van der Waals surface area (Å²) in [4.78, 5) is 4.26. The van der Waals surface area contributed by atoms with E-state index in [1.165, 1.54) is 0 Å². The fraction of sp³-hybridized carbons (Fsp3) is 0.429. The molecular weight excluding hydrogens is 242 g/mol. The first-order valence-electron chi connectivity index (χ1n) is 6.49. The van der Waals surface area contributed by atoms with E-state index in [4.69, 9.17) is 15.0 Å². The van der Waals surface area contributed by atoms with Gasteiger partial charge >= 0.3 is 0 Å². The van der Waals surface area contributed by atoms with E-state index in [0.29, 0.717) is 5.89 Å². The van der Waals surface area contributed by atoms with Gasteiger partial charge in [0.25, 0.3) is 5.89 Å². The highest BCUT2D eigenvalue weighted by Crippen LogP contribution is 2.23. The van der Waals surface area contributed by atoms with Crippen molar-refractivity contribution in [3.63, 3.8) is 0 Å². The van der Waals surface area contributed by atoms with Gasteiger partial charge in [-0.1, -0.05) is 30.3 Å². The van der Waals surface area contributed by atoms with Gasteiger partial charge in [0, 0.05) is 18.0 Å². The number of aryl methyl sites for hydroxylation is 1. The second kappa shape index (κ2) is 6.33. The Morgan fingerprint density at radius 1 is 1.37 bits per heavy atom. The lowest BCUT2D eigenvalue weighted by Gasteiger charge is -2.12. The Morgan fingerprint density at radius 2 is 2.16 bits per heavy atom. The Morgan fingerprint density at radius 3 is 2.89 bits per heavy atom. The van der Waals surface area contributed by atoms with Crippen LogP contribution in [0.4, 0.5) is 0 Å². The molecule has 5 heteroatoms. The van der Waals surface area contributed by atoms with E-state index in [9.17, 15) is 0 Å². The number of ether oxygens (including phenoxy) is 1. The number of rotatable bonds is 6. The van der Waals surface area contributed by atoms with Crippen molar-refractivity contribution in [2.24, 2.45) is 5.73 Å². The van der Waals surface area contributed by atoms with Crippen molar-refractivity contribution in [3.8, 4) is 5.75 Å². The molecule has 0 aliphatic rings. The molecule has 0 aliphatic carbocycles. The van der Waals surface area contributed by atoms with E-state index in [1.54, 1.807) is 0 Å². The molecule has 1 aromatic heterocycles. The van der Waals surface area contributed by atoms with Gasteiger partial charge in [0.05, 0.1) is 0 Å². The molecule has 0 spiro atoms. The van der Waals surface area contributed by atoms with E-state index in [2.05, 4.69) is 17.1 Å². The highest BCUT2D eigenvalue weighted by atomic mass is 16.5. The van der Waals surface area contributed by atoms with Gasteiger partial charge in [-0.05, 0) is 19.4 Å². The molecule has 0 amide bonds. The van der Waals surface area contributed by atoms with Gasteiger partial charge in [0.15, 0.2) is 12.4 Å². The van der Waals surface area contributed by atoms with Crippen LogP contribution in [0.5, 0.6) is 5.75 Å². The average molecular weight is 261 g/mol. The molecule has 2 aromatic rings. The molecule has 19 heavy (non-hydrogen) atoms. The normalized spacial score (nSPS) is 12.4. The average Bonchev–Trinajstić information content (AvgIpc) is 2.85. The van der Waals surface area contributed by atoms with Gasteiger partial charge in [-0.2, -0.15) is 4.98 Å². The molecule has 1 heterocycles. The number of nitrogens with zero attached hydrogens (tertiary/aromatic N) is 2. The SMILES string of the molecule is CCCc1noc(COc2ccccc2[C@H](C)N)n1. The van der Waals surface area contributed by atoms with Crippen LogP contribution in [0.2, 0.25) is 0 Å². The summed E-state index contributed by atoms with van der Waals surface area (Å²) in [5.41, 5.74) is 6.86. The van der Waals surface area contributed by atoms with Gasteiger partial charge in [0.2, 0.25) is 0 Å². The molecule has 0 radical (unpaired) electrons. The van der Waals surface area contributed by atoms with E-state index in [0.717, 1.165) is 30.0 Å². The third-order valence-corrected chi connectivity index (χ3v) is 2.74. The smallest absolute Gasteiger partial charge is 0.264 e. The molecule has 0 saturated carbocycles. The topological polar surface area (TPSA) is 74.2 Å². The molecule has 2 N–H and O–H groups in total. The van der Waals surface area contributed by atoms with Crippen LogP contribution in [-0.4, -0.2) is 10.1 Å². The maximum absolute atomic E-state index is 5.90. The van der Waals surface area contributed by atoms with E-state index < -0.39 is 0 Å². The van der Waals surface area contributed by atoms with Gasteiger partial charge in [-0.3, -0.25) is 0 Å². The fourth-order valence-electron chi connectivity index (χ4n) is 1.80. The Bertz CT molecular complexity index is 523. The lowest BCUT2D eigenvalue weighted by atomic mass is 10.1. The molecule has 1 atom stereocenters. The van der Waals surface area contributed by atoms with Crippen LogP contribution in [0, 0.1) is 0 Å². The summed E-state index contributed by atoms with van der Waals surface area (Å²) in [5.74, 6) is 1.97. The molecule has 102 valence electrons. The molecule has 0 unspecified atom stereocenters. The zero-order valence-electron chi connectivity index (χ0n) is 11.3. The maximum atomic E-state index is 5.90. The minimum Gasteiger partial charge on any atom is -0.483 e. The van der Waals surface area contributed by atoms with Crippen molar-refractivity contribution in [1.29, 1.82) is 0 Å². The van der Waals surface area contributed by atoms with Gasteiger partial charge in [-0.25, -0.2) is 0 Å². The van der Waals surface area contributed by atoms with E-state index >= 15 is 0 Å². The Labute approximate surface area is 112 Å². The summed E-state index contributed by atoms with van der Waals surface area (Å²) in [5, 5.41) is 3.88. The van der Waals surface area contributed by atoms with Crippen molar-refractivity contribution in [2.75, 3.05) is 0 Å². The second-order valence-electron chi connectivity index (χ2n) is 4.47. The third-order valence-electron chi connectivity index (χ3n) is 2.74. The largest absolute Gasteiger partial charge is 0.483 e. The predicted molar refractivity (Wildman–Crippen MR) is 71.7 cm³/mol. The monoisotopic (exact) mass is 261 g/mol. The molecule has 2 rings (SSSR count). The Hall–Kier alpha value is -1.88. The third kappa shape index (κ3) is 3.54. The molecule has 0 bridgehead atoms. The summed E-state index contributed by atoms with van der Waals surface area (Å²) in [7, 11) is 0. The van der Waals surface area contributed by atoms with Crippen molar-refractivity contribution in [3.05, 3.63) is 41.5 Å². The number of nitrogens with two attached hydrogens (primary N) is 1. The van der Waals surface area contributed by atoms with Crippen molar-refractivity contribution >= 4 is 0 Å². The summed E-state index contributed by atoms with van der Waals surface area (Å²) in [6.07, 6.45) is 1.81. The van der Waals surface area contributed by atoms with Crippen molar-refractivity contribution in [2.45, 2.75) is 39.3 Å². The Kier molecular flexibility index (Phi) is 4.52. The zero-order chi connectivity index (χ0) is 13.7. The van der Waals surface area contributed by atoms with Crippen LogP contribution >= 0.6 is 0 Å². The van der Waals surface area contributed by atoms with Gasteiger partial charge in [-0.15, -0.1) is 0 Å². The van der Waals surface area contributed by atoms with Crippen LogP contribution in [-0.2, 0) is 13.0 Å². The standard InChI is InChI=1S/C14H19N3O2/c1-3-6-13-16-14(19-17-13)9-18-12-8-5-4-7-11(12)10(2)15/h4-5,7-8,10H,3,6,9,15H2,1-2H3/t10-/m0/s1. The van der Waals surface area contributed by atoms with Gasteiger partial charge < -0.3 is 15.0 Å². The minimum atomic E-state index is -0.0745. The summed E-state index contributed by atoms with van der Waals surface area (Å²) in [6, 6.07) is 7.63. The number of aromatic nitrogens is 2. The van der Waals surface area contributed by atoms with Crippen LogP contribution in [0.1, 0.15) is 43.6 Å². The fourth-order valence-corrected chi connectivity index (χ4v) is 1.80. The molecule has 0 fully saturated rings. The number of hydrogen-bond donors (Lipinski definition) is 1. The Balaban J connectivity index is 2.01. The molecule has 5 nitrogen and oxygen atoms in total. The molecule has 0 saturated heterocycles. The number of para-hydroxylation sites is 1. The lowest BCUT2D eigenvalue weighted by molar-refractivity contribution is 0.240. The van der Waals surface area contributed by atoms with E-state index in [-0.39, 0.29) is 12.6 Å². The maximum Gasteiger partial charge on any atom is 0.264 e. The first kappa shape index (κ1) is 13.5. The quantitative estimate of drug-likeness (QED) is 0.865. The number of benzene rings is 1. The van der Waals surface area contributed by atoms with Crippen LogP contribution in [0.3, 0.4) is 0 Å².